The van der Waals surface area contributed by atoms with Gasteiger partial charge in [-0.2, -0.15) is 0 Å². The zero-order valence-electron chi connectivity index (χ0n) is 10.4. The van der Waals surface area contributed by atoms with Gasteiger partial charge in [-0.05, 0) is 18.9 Å². The van der Waals surface area contributed by atoms with Crippen LogP contribution in [0.4, 0.5) is 0 Å². The molecule has 1 unspecified atom stereocenters. The van der Waals surface area contributed by atoms with Crippen molar-refractivity contribution < 1.29 is 14.3 Å². The minimum absolute atomic E-state index is 0.191. The molecule has 0 saturated carbocycles. The van der Waals surface area contributed by atoms with Gasteiger partial charge in [0, 0.05) is 26.0 Å². The number of ether oxygens (including phenoxy) is 2. The third kappa shape index (κ3) is 3.00. The first-order valence-electron chi connectivity index (χ1n) is 5.80. The Morgan fingerprint density at radius 1 is 1.71 bits per heavy atom. The summed E-state index contributed by atoms with van der Waals surface area (Å²) >= 11 is 5.80. The number of rotatable bonds is 6. The Bertz CT molecular complexity index is 291. The zero-order valence-corrected chi connectivity index (χ0v) is 11.2. The predicted molar refractivity (Wildman–Crippen MR) is 67.3 cm³/mol. The van der Waals surface area contributed by atoms with Gasteiger partial charge in [-0.3, -0.25) is 5.32 Å². The van der Waals surface area contributed by atoms with E-state index in [0.29, 0.717) is 18.9 Å². The van der Waals surface area contributed by atoms with Gasteiger partial charge in [0.15, 0.2) is 0 Å². The Balaban J connectivity index is 2.86. The van der Waals surface area contributed by atoms with E-state index < -0.39 is 5.54 Å². The lowest BCUT2D eigenvalue weighted by Crippen LogP contribution is -2.52. The van der Waals surface area contributed by atoms with Gasteiger partial charge < -0.3 is 9.47 Å². The van der Waals surface area contributed by atoms with E-state index in [2.05, 4.69) is 11.9 Å². The monoisotopic (exact) mass is 261 g/mol. The fourth-order valence-electron chi connectivity index (χ4n) is 2.08. The molecule has 5 heteroatoms. The van der Waals surface area contributed by atoms with Crippen molar-refractivity contribution in [3.8, 4) is 0 Å². The summed E-state index contributed by atoms with van der Waals surface area (Å²) < 4.78 is 10.4. The first kappa shape index (κ1) is 14.5. The summed E-state index contributed by atoms with van der Waals surface area (Å²) in [5, 5.41) is 3.19. The first-order valence-corrected chi connectivity index (χ1v) is 6.33. The molecular formula is C12H20ClNO3. The van der Waals surface area contributed by atoms with Crippen LogP contribution in [0.3, 0.4) is 0 Å². The van der Waals surface area contributed by atoms with Crippen LogP contribution in [0.2, 0.25) is 0 Å². The van der Waals surface area contributed by atoms with Crippen molar-refractivity contribution in [1.29, 1.82) is 0 Å². The lowest BCUT2D eigenvalue weighted by Gasteiger charge is -2.31. The Kier molecular flexibility index (Phi) is 5.43. The second kappa shape index (κ2) is 6.38. The molecule has 2 atom stereocenters. The molecule has 1 aliphatic heterocycles. The van der Waals surface area contributed by atoms with E-state index in [-0.39, 0.29) is 12.1 Å². The Morgan fingerprint density at radius 3 is 2.82 bits per heavy atom. The zero-order chi connectivity index (χ0) is 12.9. The van der Waals surface area contributed by atoms with Crippen LogP contribution in [0.15, 0.2) is 12.2 Å². The molecule has 0 spiro atoms. The van der Waals surface area contributed by atoms with Crippen LogP contribution in [0.25, 0.3) is 0 Å². The lowest BCUT2D eigenvalue weighted by molar-refractivity contribution is -0.150. The Morgan fingerprint density at radius 2 is 2.41 bits per heavy atom. The number of nitrogens with one attached hydrogen (secondary N) is 1. The highest BCUT2D eigenvalue weighted by Crippen LogP contribution is 2.31. The van der Waals surface area contributed by atoms with Crippen molar-refractivity contribution in [2.75, 3.05) is 26.1 Å². The van der Waals surface area contributed by atoms with E-state index in [1.165, 1.54) is 0 Å². The standard InChI is InChI=1S/C12H20ClNO3/c1-4-17-11(15)12(7-10(8-13)16-3)9(2)5-6-14-12/h10,14H,2,4-8H2,1,3H3/t10-,12?/m1/s1. The summed E-state index contributed by atoms with van der Waals surface area (Å²) in [5.41, 5.74) is 0.0223. The highest BCUT2D eigenvalue weighted by molar-refractivity contribution is 6.18. The molecule has 0 aromatic carbocycles. The minimum atomic E-state index is -0.828. The molecule has 0 amide bonds. The molecule has 0 aromatic heterocycles. The largest absolute Gasteiger partial charge is 0.464 e. The Labute approximate surface area is 107 Å². The van der Waals surface area contributed by atoms with Gasteiger partial charge in [0.25, 0.3) is 0 Å². The molecule has 4 nitrogen and oxygen atoms in total. The first-order chi connectivity index (χ1) is 8.10. The van der Waals surface area contributed by atoms with Gasteiger partial charge in [-0.25, -0.2) is 4.79 Å². The van der Waals surface area contributed by atoms with E-state index in [1.807, 2.05) is 0 Å². The van der Waals surface area contributed by atoms with Gasteiger partial charge in [-0.15, -0.1) is 11.6 Å². The summed E-state index contributed by atoms with van der Waals surface area (Å²) in [4.78, 5) is 12.1. The molecule has 0 aliphatic carbocycles. The fourth-order valence-corrected chi connectivity index (χ4v) is 2.31. The SMILES string of the molecule is C=C1CCNC1(C[C@H](CCl)OC)C(=O)OCC. The smallest absolute Gasteiger partial charge is 0.330 e. The fraction of sp³-hybridized carbons (Fsp3) is 0.750. The summed E-state index contributed by atoms with van der Waals surface area (Å²) in [6, 6.07) is 0. The van der Waals surface area contributed by atoms with Crippen LogP contribution in [-0.4, -0.2) is 43.8 Å². The number of halogens is 1. The van der Waals surface area contributed by atoms with Crippen LogP contribution < -0.4 is 5.32 Å². The number of hydrogen-bond donors (Lipinski definition) is 1. The highest BCUT2D eigenvalue weighted by atomic mass is 35.5. The van der Waals surface area contributed by atoms with Crippen molar-refractivity contribution in [2.45, 2.75) is 31.4 Å². The van der Waals surface area contributed by atoms with Crippen molar-refractivity contribution in [2.24, 2.45) is 0 Å². The summed E-state index contributed by atoms with van der Waals surface area (Å²) in [7, 11) is 1.59. The van der Waals surface area contributed by atoms with E-state index in [0.717, 1.165) is 18.5 Å². The molecule has 1 heterocycles. The second-order valence-electron chi connectivity index (χ2n) is 4.12. The molecule has 0 radical (unpaired) electrons. The third-order valence-corrected chi connectivity index (χ3v) is 3.46. The number of hydrogen-bond acceptors (Lipinski definition) is 4. The predicted octanol–water partition coefficient (Wildman–Crippen LogP) is 1.48. The molecule has 1 fully saturated rings. The number of methoxy groups -OCH3 is 1. The molecular weight excluding hydrogens is 242 g/mol. The quantitative estimate of drug-likeness (QED) is 0.447. The van der Waals surface area contributed by atoms with Crippen molar-refractivity contribution in [1.82, 2.24) is 5.32 Å². The maximum atomic E-state index is 12.1. The molecule has 0 aromatic rings. The van der Waals surface area contributed by atoms with Crippen LogP contribution in [-0.2, 0) is 14.3 Å². The van der Waals surface area contributed by atoms with E-state index in [1.54, 1.807) is 14.0 Å². The third-order valence-electron chi connectivity index (χ3n) is 3.12. The molecule has 1 aliphatic rings. The number of esters is 1. The molecule has 98 valence electrons. The van der Waals surface area contributed by atoms with Crippen LogP contribution in [0, 0.1) is 0 Å². The minimum Gasteiger partial charge on any atom is -0.464 e. The van der Waals surface area contributed by atoms with Crippen molar-refractivity contribution >= 4 is 17.6 Å². The maximum absolute atomic E-state index is 12.1. The van der Waals surface area contributed by atoms with Crippen molar-refractivity contribution in [3.05, 3.63) is 12.2 Å². The van der Waals surface area contributed by atoms with E-state index >= 15 is 0 Å². The van der Waals surface area contributed by atoms with Crippen LogP contribution >= 0.6 is 11.6 Å². The van der Waals surface area contributed by atoms with Crippen molar-refractivity contribution in [3.63, 3.8) is 0 Å². The molecule has 0 bridgehead atoms. The van der Waals surface area contributed by atoms with Gasteiger partial charge in [0.1, 0.15) is 5.54 Å². The average Bonchev–Trinajstić information content (AvgIpc) is 2.69. The number of alkyl halides is 1. The molecule has 1 N–H and O–H groups in total. The van der Waals surface area contributed by atoms with Gasteiger partial charge >= 0.3 is 5.97 Å². The van der Waals surface area contributed by atoms with Gasteiger partial charge in [-0.1, -0.05) is 6.58 Å². The Hall–Kier alpha value is -0.580. The number of carbonyl (C=O) groups excluding carboxylic acids is 1. The molecule has 17 heavy (non-hydrogen) atoms. The summed E-state index contributed by atoms with van der Waals surface area (Å²) in [6.07, 6.45) is 1.05. The van der Waals surface area contributed by atoms with Gasteiger partial charge in [0.05, 0.1) is 12.7 Å². The number of carbonyl (C=O) groups is 1. The average molecular weight is 262 g/mol. The van der Waals surface area contributed by atoms with E-state index in [9.17, 15) is 4.79 Å². The normalized spacial score (nSPS) is 25.9. The highest BCUT2D eigenvalue weighted by Gasteiger charge is 2.46. The summed E-state index contributed by atoms with van der Waals surface area (Å²) in [5.74, 6) is 0.0572. The topological polar surface area (TPSA) is 47.6 Å². The second-order valence-corrected chi connectivity index (χ2v) is 4.43. The van der Waals surface area contributed by atoms with Crippen LogP contribution in [0.1, 0.15) is 19.8 Å². The maximum Gasteiger partial charge on any atom is 0.330 e. The van der Waals surface area contributed by atoms with Gasteiger partial charge in [0.2, 0.25) is 0 Å². The van der Waals surface area contributed by atoms with Crippen LogP contribution in [0.5, 0.6) is 0 Å². The summed E-state index contributed by atoms with van der Waals surface area (Å²) in [6.45, 7) is 6.85. The molecule has 1 rings (SSSR count). The lowest BCUT2D eigenvalue weighted by atomic mass is 9.87. The molecule has 1 saturated heterocycles. The van der Waals surface area contributed by atoms with E-state index in [4.69, 9.17) is 21.1 Å².